The molecule has 0 saturated carbocycles. The lowest BCUT2D eigenvalue weighted by atomic mass is 10.1. The molecule has 0 fully saturated rings. The molecule has 0 radical (unpaired) electrons. The van der Waals surface area contributed by atoms with E-state index < -0.39 is 5.91 Å². The van der Waals surface area contributed by atoms with Crippen molar-refractivity contribution in [2.75, 3.05) is 27.1 Å². The van der Waals surface area contributed by atoms with Gasteiger partial charge in [0.05, 0.1) is 33.2 Å². The average Bonchev–Trinajstić information content (AvgIpc) is 3.38. The molecular formula is C18H22N8O5. The van der Waals surface area contributed by atoms with Gasteiger partial charge in [0, 0.05) is 5.56 Å². The lowest BCUT2D eigenvalue weighted by Gasteiger charge is -2.13. The van der Waals surface area contributed by atoms with Crippen molar-refractivity contribution >= 4 is 17.9 Å². The Morgan fingerprint density at radius 2 is 1.94 bits per heavy atom. The normalized spacial score (nSPS) is 11.2. The van der Waals surface area contributed by atoms with Gasteiger partial charge in [0.1, 0.15) is 0 Å². The molecule has 0 spiro atoms. The van der Waals surface area contributed by atoms with Crippen LogP contribution in [-0.4, -0.2) is 58.8 Å². The molecule has 1 aromatic carbocycles. The maximum atomic E-state index is 12.7. The Kier molecular flexibility index (Phi) is 6.33. The van der Waals surface area contributed by atoms with Crippen molar-refractivity contribution in [1.29, 1.82) is 0 Å². The summed E-state index contributed by atoms with van der Waals surface area (Å²) in [5.74, 6) is 0.778. The number of nitrogen functional groups attached to an aromatic ring is 1. The zero-order chi connectivity index (χ0) is 22.5. The van der Waals surface area contributed by atoms with E-state index in [-0.39, 0.29) is 23.2 Å². The monoisotopic (exact) mass is 430 g/mol. The second kappa shape index (κ2) is 9.11. The minimum atomic E-state index is -0.569. The quantitative estimate of drug-likeness (QED) is 0.391. The molecule has 164 valence electrons. The number of carbonyl (C=O) groups excluding carboxylic acids is 1. The van der Waals surface area contributed by atoms with Crippen LogP contribution >= 0.6 is 0 Å². The number of nitrogens with two attached hydrogens (primary N) is 1. The number of rotatable bonds is 8. The second-order valence-electron chi connectivity index (χ2n) is 6.49. The minimum Gasteiger partial charge on any atom is -0.493 e. The molecule has 3 rings (SSSR count). The highest BCUT2D eigenvalue weighted by Crippen LogP contribution is 2.38. The van der Waals surface area contributed by atoms with Crippen molar-refractivity contribution in [3.05, 3.63) is 29.1 Å². The van der Waals surface area contributed by atoms with Crippen molar-refractivity contribution in [2.45, 2.75) is 19.8 Å². The number of ether oxygens (including phenoxy) is 3. The zero-order valence-electron chi connectivity index (χ0n) is 17.6. The molecule has 2 heterocycles. The summed E-state index contributed by atoms with van der Waals surface area (Å²) in [5, 5.41) is 19.1. The van der Waals surface area contributed by atoms with Crippen molar-refractivity contribution < 1.29 is 23.6 Å². The van der Waals surface area contributed by atoms with Gasteiger partial charge in [-0.05, 0) is 28.4 Å². The van der Waals surface area contributed by atoms with Crippen molar-refractivity contribution in [1.82, 2.24) is 30.7 Å². The first kappa shape index (κ1) is 21.5. The summed E-state index contributed by atoms with van der Waals surface area (Å²) in [4.78, 5) is 12.7. The number of anilines is 1. The lowest BCUT2D eigenvalue weighted by molar-refractivity contribution is 0.0948. The first-order chi connectivity index (χ1) is 14.9. The summed E-state index contributed by atoms with van der Waals surface area (Å²) in [6, 6.07) is 3.41. The number of nitrogens with one attached hydrogen (secondary N) is 1. The van der Waals surface area contributed by atoms with E-state index in [0.29, 0.717) is 28.5 Å². The van der Waals surface area contributed by atoms with Gasteiger partial charge in [0.25, 0.3) is 5.91 Å². The van der Waals surface area contributed by atoms with Crippen LogP contribution in [-0.2, 0) is 0 Å². The molecule has 0 atom stereocenters. The smallest absolute Gasteiger partial charge is 0.293 e. The predicted octanol–water partition coefficient (Wildman–Crippen LogP) is 1.15. The van der Waals surface area contributed by atoms with Gasteiger partial charge in [-0.15, -0.1) is 5.10 Å². The first-order valence-corrected chi connectivity index (χ1v) is 9.09. The molecule has 3 N–H and O–H groups in total. The molecule has 1 amide bonds. The topological polar surface area (TPSA) is 165 Å². The number of methoxy groups -OCH3 is 3. The number of benzene rings is 1. The van der Waals surface area contributed by atoms with E-state index in [0.717, 1.165) is 0 Å². The number of hydrogen-bond donors (Lipinski definition) is 2. The van der Waals surface area contributed by atoms with Gasteiger partial charge < -0.3 is 19.9 Å². The van der Waals surface area contributed by atoms with E-state index in [9.17, 15) is 4.79 Å². The van der Waals surface area contributed by atoms with Gasteiger partial charge >= 0.3 is 0 Å². The van der Waals surface area contributed by atoms with Crippen LogP contribution in [0.5, 0.6) is 17.2 Å². The van der Waals surface area contributed by atoms with Gasteiger partial charge in [-0.25, -0.2) is 10.1 Å². The predicted molar refractivity (Wildman–Crippen MR) is 109 cm³/mol. The van der Waals surface area contributed by atoms with Crippen LogP contribution in [0.2, 0.25) is 0 Å². The number of aromatic nitrogens is 5. The molecule has 0 saturated heterocycles. The highest BCUT2D eigenvalue weighted by atomic mass is 16.6. The van der Waals surface area contributed by atoms with E-state index in [1.54, 1.807) is 12.1 Å². The van der Waals surface area contributed by atoms with Crippen molar-refractivity contribution in [3.63, 3.8) is 0 Å². The molecule has 0 aliphatic carbocycles. The molecule has 13 heteroatoms. The van der Waals surface area contributed by atoms with Gasteiger partial charge in [-0.2, -0.15) is 9.78 Å². The van der Waals surface area contributed by atoms with Crippen LogP contribution in [0.3, 0.4) is 0 Å². The number of carbonyl (C=O) groups is 1. The summed E-state index contributed by atoms with van der Waals surface area (Å²) in [6.45, 7) is 3.74. The van der Waals surface area contributed by atoms with Crippen LogP contribution < -0.4 is 25.4 Å². The largest absolute Gasteiger partial charge is 0.493 e. The third-order valence-corrected chi connectivity index (χ3v) is 4.27. The van der Waals surface area contributed by atoms with Gasteiger partial charge in [0.15, 0.2) is 17.2 Å². The molecule has 31 heavy (non-hydrogen) atoms. The molecule has 0 bridgehead atoms. The Hall–Kier alpha value is -4.16. The lowest BCUT2D eigenvalue weighted by Crippen LogP contribution is -2.21. The number of hydrazone groups is 1. The Balaban J connectivity index is 1.86. The summed E-state index contributed by atoms with van der Waals surface area (Å²) in [5.41, 5.74) is 9.26. The Morgan fingerprint density at radius 1 is 1.19 bits per heavy atom. The van der Waals surface area contributed by atoms with Crippen LogP contribution in [0.4, 0.5) is 5.82 Å². The fourth-order valence-electron chi connectivity index (χ4n) is 2.90. The fourth-order valence-corrected chi connectivity index (χ4v) is 2.90. The summed E-state index contributed by atoms with van der Waals surface area (Å²) in [6.07, 6.45) is 1.41. The highest BCUT2D eigenvalue weighted by Gasteiger charge is 2.25. The maximum absolute atomic E-state index is 12.7. The third-order valence-electron chi connectivity index (χ3n) is 4.27. The average molecular weight is 430 g/mol. The van der Waals surface area contributed by atoms with Crippen LogP contribution in [0.1, 0.15) is 41.5 Å². The molecule has 2 aromatic heterocycles. The molecule has 3 aromatic rings. The fraction of sp³-hybridized carbons (Fsp3) is 0.333. The van der Waals surface area contributed by atoms with Gasteiger partial charge in [0.2, 0.25) is 17.4 Å². The van der Waals surface area contributed by atoms with Crippen molar-refractivity contribution in [3.8, 4) is 23.1 Å². The van der Waals surface area contributed by atoms with E-state index >= 15 is 0 Å². The van der Waals surface area contributed by atoms with E-state index in [1.807, 2.05) is 13.8 Å². The van der Waals surface area contributed by atoms with Crippen LogP contribution in [0.25, 0.3) is 5.82 Å². The number of hydrogen-bond acceptors (Lipinski definition) is 11. The van der Waals surface area contributed by atoms with E-state index in [2.05, 4.69) is 35.8 Å². The van der Waals surface area contributed by atoms with Crippen LogP contribution in [0, 0.1) is 0 Å². The minimum absolute atomic E-state index is 0.0253. The van der Waals surface area contributed by atoms with E-state index in [4.69, 9.17) is 19.9 Å². The molecular weight excluding hydrogens is 408 g/mol. The molecule has 0 aliphatic rings. The zero-order valence-corrected chi connectivity index (χ0v) is 17.6. The summed E-state index contributed by atoms with van der Waals surface area (Å²) in [7, 11) is 4.51. The maximum Gasteiger partial charge on any atom is 0.293 e. The molecule has 0 unspecified atom stereocenters. The molecule has 13 nitrogen and oxygen atoms in total. The highest BCUT2D eigenvalue weighted by molar-refractivity contribution is 5.94. The van der Waals surface area contributed by atoms with Crippen LogP contribution in [0.15, 0.2) is 21.9 Å². The Morgan fingerprint density at radius 3 is 2.52 bits per heavy atom. The summed E-state index contributed by atoms with van der Waals surface area (Å²) >= 11 is 0. The summed E-state index contributed by atoms with van der Waals surface area (Å²) < 4.78 is 21.9. The first-order valence-electron chi connectivity index (χ1n) is 9.09. The van der Waals surface area contributed by atoms with E-state index in [1.165, 1.54) is 32.2 Å². The Bertz CT molecular complexity index is 1100. The second-order valence-corrected chi connectivity index (χ2v) is 6.49. The number of amides is 1. The standard InChI is InChI=1S/C18H22N8O5/c1-9(2)13-12(21-25-26(13)17-16(19)23-31-24-17)18(27)22-20-8-10-6-7-11(28-3)15(30-5)14(10)29-4/h6-9H,1-5H3,(H2,19,23)(H,22,27)/b20-8+. The Labute approximate surface area is 177 Å². The third kappa shape index (κ3) is 4.10. The molecule has 0 aliphatic heterocycles. The van der Waals surface area contributed by atoms with Crippen molar-refractivity contribution in [2.24, 2.45) is 5.10 Å². The SMILES string of the molecule is COc1ccc(/C=N/NC(=O)c2nnn(-c3nonc3N)c2C(C)C)c(OC)c1OC. The van der Waals surface area contributed by atoms with Gasteiger partial charge in [-0.1, -0.05) is 19.1 Å². The van der Waals surface area contributed by atoms with Gasteiger partial charge in [-0.3, -0.25) is 4.79 Å². The number of nitrogens with zero attached hydrogens (tertiary/aromatic N) is 6.